The zero-order chi connectivity index (χ0) is 10.8. The lowest BCUT2D eigenvalue weighted by atomic mass is 10.1. The van der Waals surface area contributed by atoms with E-state index in [1.807, 2.05) is 0 Å². The molecule has 2 rings (SSSR count). The first kappa shape index (κ1) is 9.64. The molecule has 1 atom stereocenters. The molecule has 0 fully saturated rings. The number of ether oxygens (including phenoxy) is 2. The van der Waals surface area contributed by atoms with Crippen LogP contribution in [-0.4, -0.2) is 22.7 Å². The van der Waals surface area contributed by atoms with Crippen LogP contribution in [0.2, 0.25) is 0 Å². The molecule has 0 amide bonds. The fraction of sp³-hybridized carbons (Fsp3) is 0.300. The van der Waals surface area contributed by atoms with E-state index in [0.29, 0.717) is 18.6 Å². The van der Waals surface area contributed by atoms with Gasteiger partial charge in [-0.25, -0.2) is 4.79 Å². The zero-order valence-corrected chi connectivity index (χ0v) is 7.84. The summed E-state index contributed by atoms with van der Waals surface area (Å²) in [5, 5.41) is 17.6. The summed E-state index contributed by atoms with van der Waals surface area (Å²) in [4.78, 5) is 10.3. The van der Waals surface area contributed by atoms with Gasteiger partial charge in [0, 0.05) is 12.5 Å². The first-order valence-electron chi connectivity index (χ1n) is 4.53. The zero-order valence-electron chi connectivity index (χ0n) is 7.84. The van der Waals surface area contributed by atoms with E-state index in [0.717, 1.165) is 5.56 Å². The summed E-state index contributed by atoms with van der Waals surface area (Å²) >= 11 is 0. The minimum atomic E-state index is -1.36. The van der Waals surface area contributed by atoms with Crippen LogP contribution in [-0.2, 0) is 11.2 Å². The molecule has 0 bridgehead atoms. The molecule has 15 heavy (non-hydrogen) atoms. The lowest BCUT2D eigenvalue weighted by molar-refractivity contribution is -0.0635. The predicted molar refractivity (Wildman–Crippen MR) is 50.0 cm³/mol. The second kappa shape index (κ2) is 3.68. The lowest BCUT2D eigenvalue weighted by Crippen LogP contribution is -2.27. The molecule has 0 spiro atoms. The molecule has 5 nitrogen and oxygen atoms in total. The molecule has 1 heterocycles. The number of carbonyl (C=O) groups is 1. The standard InChI is InChI=1S/C10H10O5/c11-7-3-1-6-2-4-9(15-10(12)13)14-8(6)5-7/h1,3,5,9,11H,2,4H2,(H,12,13). The van der Waals surface area contributed by atoms with Crippen molar-refractivity contribution in [3.05, 3.63) is 23.8 Å². The predicted octanol–water partition coefficient (Wildman–Crippen LogP) is 1.74. The van der Waals surface area contributed by atoms with Crippen LogP contribution in [0.1, 0.15) is 12.0 Å². The molecule has 0 saturated heterocycles. The fourth-order valence-electron chi connectivity index (χ4n) is 1.53. The fourth-order valence-corrected chi connectivity index (χ4v) is 1.53. The van der Waals surface area contributed by atoms with Crippen molar-refractivity contribution in [2.45, 2.75) is 19.1 Å². The summed E-state index contributed by atoms with van der Waals surface area (Å²) in [5.41, 5.74) is 0.943. The number of rotatable bonds is 1. The van der Waals surface area contributed by atoms with Gasteiger partial charge in [-0.2, -0.15) is 0 Å². The highest BCUT2D eigenvalue weighted by molar-refractivity contribution is 5.57. The maximum Gasteiger partial charge on any atom is 0.508 e. The van der Waals surface area contributed by atoms with Gasteiger partial charge < -0.3 is 19.7 Å². The SMILES string of the molecule is O=C(O)OC1CCc2ccc(O)cc2O1. The van der Waals surface area contributed by atoms with Crippen LogP contribution < -0.4 is 4.74 Å². The average molecular weight is 210 g/mol. The van der Waals surface area contributed by atoms with E-state index in [1.54, 1.807) is 12.1 Å². The number of hydrogen-bond acceptors (Lipinski definition) is 4. The number of aryl methyl sites for hydroxylation is 1. The third kappa shape index (κ3) is 2.12. The van der Waals surface area contributed by atoms with E-state index in [4.69, 9.17) is 9.84 Å². The summed E-state index contributed by atoms with van der Waals surface area (Å²) < 4.78 is 9.76. The van der Waals surface area contributed by atoms with Crippen LogP contribution in [0.4, 0.5) is 4.79 Å². The summed E-state index contributed by atoms with van der Waals surface area (Å²) in [7, 11) is 0. The van der Waals surface area contributed by atoms with Gasteiger partial charge in [-0.3, -0.25) is 0 Å². The first-order chi connectivity index (χ1) is 7.15. The van der Waals surface area contributed by atoms with Crippen LogP contribution in [0.25, 0.3) is 0 Å². The Morgan fingerprint density at radius 3 is 3.07 bits per heavy atom. The van der Waals surface area contributed by atoms with Crippen molar-refractivity contribution in [3.63, 3.8) is 0 Å². The van der Waals surface area contributed by atoms with Gasteiger partial charge in [0.05, 0.1) is 0 Å². The molecule has 0 radical (unpaired) electrons. The third-order valence-corrected chi connectivity index (χ3v) is 2.19. The molecule has 2 N–H and O–H groups in total. The Kier molecular flexibility index (Phi) is 2.37. The molecular weight excluding hydrogens is 200 g/mol. The van der Waals surface area contributed by atoms with Crippen molar-refractivity contribution in [2.75, 3.05) is 0 Å². The van der Waals surface area contributed by atoms with Crippen LogP contribution in [0.5, 0.6) is 11.5 Å². The van der Waals surface area contributed by atoms with E-state index in [1.165, 1.54) is 6.07 Å². The monoisotopic (exact) mass is 210 g/mol. The van der Waals surface area contributed by atoms with Crippen molar-refractivity contribution in [2.24, 2.45) is 0 Å². The molecule has 1 aromatic carbocycles. The number of carboxylic acid groups (broad SMARTS) is 1. The summed E-state index contributed by atoms with van der Waals surface area (Å²) in [6, 6.07) is 4.77. The molecule has 0 aliphatic carbocycles. The maximum absolute atomic E-state index is 10.3. The van der Waals surface area contributed by atoms with Gasteiger partial charge in [0.15, 0.2) is 0 Å². The second-order valence-corrected chi connectivity index (χ2v) is 3.26. The summed E-state index contributed by atoms with van der Waals surface area (Å²) in [5.74, 6) is 0.567. The van der Waals surface area contributed by atoms with Crippen LogP contribution in [0.3, 0.4) is 0 Å². The number of phenolic OH excluding ortho intramolecular Hbond substituents is 1. The Balaban J connectivity index is 2.14. The van der Waals surface area contributed by atoms with Crippen molar-refractivity contribution in [3.8, 4) is 11.5 Å². The maximum atomic E-state index is 10.3. The summed E-state index contributed by atoms with van der Waals surface area (Å²) in [6.45, 7) is 0. The van der Waals surface area contributed by atoms with E-state index >= 15 is 0 Å². The lowest BCUT2D eigenvalue weighted by Gasteiger charge is -2.24. The first-order valence-corrected chi connectivity index (χ1v) is 4.53. The molecule has 1 aliphatic rings. The molecule has 80 valence electrons. The molecule has 1 aliphatic heterocycles. The smallest absolute Gasteiger partial charge is 0.508 e. The Labute approximate surface area is 85.9 Å². The van der Waals surface area contributed by atoms with Crippen molar-refractivity contribution in [1.29, 1.82) is 0 Å². The average Bonchev–Trinajstić information content (AvgIpc) is 2.16. The Morgan fingerprint density at radius 2 is 2.33 bits per heavy atom. The van der Waals surface area contributed by atoms with Gasteiger partial charge in [0.25, 0.3) is 0 Å². The molecular formula is C10H10O5. The van der Waals surface area contributed by atoms with E-state index in [2.05, 4.69) is 4.74 Å². The minimum absolute atomic E-state index is 0.0877. The number of benzene rings is 1. The minimum Gasteiger partial charge on any atom is -0.508 e. The topological polar surface area (TPSA) is 76.0 Å². The van der Waals surface area contributed by atoms with E-state index < -0.39 is 12.4 Å². The molecule has 1 unspecified atom stereocenters. The van der Waals surface area contributed by atoms with E-state index in [-0.39, 0.29) is 5.75 Å². The molecule has 1 aromatic rings. The number of hydrogen-bond donors (Lipinski definition) is 2. The van der Waals surface area contributed by atoms with Crippen molar-refractivity contribution in [1.82, 2.24) is 0 Å². The third-order valence-electron chi connectivity index (χ3n) is 2.19. The highest BCUT2D eigenvalue weighted by Gasteiger charge is 2.22. The van der Waals surface area contributed by atoms with Crippen LogP contribution in [0.15, 0.2) is 18.2 Å². The van der Waals surface area contributed by atoms with Gasteiger partial charge in [0.1, 0.15) is 11.5 Å². The van der Waals surface area contributed by atoms with Crippen molar-refractivity contribution >= 4 is 6.16 Å². The normalized spacial score (nSPS) is 18.8. The van der Waals surface area contributed by atoms with Gasteiger partial charge in [-0.15, -0.1) is 0 Å². The largest absolute Gasteiger partial charge is 0.508 e. The number of aromatic hydroxyl groups is 1. The quantitative estimate of drug-likeness (QED) is 0.690. The Morgan fingerprint density at radius 1 is 1.53 bits per heavy atom. The Hall–Kier alpha value is -1.91. The Bertz CT molecular complexity index is 387. The number of phenols is 1. The molecule has 0 saturated carbocycles. The van der Waals surface area contributed by atoms with Gasteiger partial charge >= 0.3 is 6.16 Å². The van der Waals surface area contributed by atoms with Gasteiger partial charge in [-0.1, -0.05) is 6.07 Å². The highest BCUT2D eigenvalue weighted by atomic mass is 16.8. The molecule has 0 aromatic heterocycles. The summed E-state index contributed by atoms with van der Waals surface area (Å²) in [6.07, 6.45) is -0.974. The number of fused-ring (bicyclic) bond motifs is 1. The van der Waals surface area contributed by atoms with Gasteiger partial charge in [0.2, 0.25) is 6.29 Å². The second-order valence-electron chi connectivity index (χ2n) is 3.26. The van der Waals surface area contributed by atoms with E-state index in [9.17, 15) is 9.90 Å². The van der Waals surface area contributed by atoms with Crippen LogP contribution >= 0.6 is 0 Å². The van der Waals surface area contributed by atoms with Crippen molar-refractivity contribution < 1.29 is 24.5 Å². The van der Waals surface area contributed by atoms with Gasteiger partial charge in [-0.05, 0) is 18.1 Å². The molecule has 5 heteroatoms. The highest BCUT2D eigenvalue weighted by Crippen LogP contribution is 2.30. The van der Waals surface area contributed by atoms with Crippen LogP contribution in [0, 0.1) is 0 Å².